The van der Waals surface area contributed by atoms with Gasteiger partial charge in [0.2, 0.25) is 0 Å². The van der Waals surface area contributed by atoms with Gasteiger partial charge in [0.15, 0.2) is 0 Å². The van der Waals surface area contributed by atoms with Crippen LogP contribution in [0.2, 0.25) is 5.02 Å². The van der Waals surface area contributed by atoms with Gasteiger partial charge in [-0.15, -0.1) is 0 Å². The molecule has 2 N–H and O–H groups in total. The molecule has 0 aliphatic heterocycles. The first-order valence-corrected chi connectivity index (χ1v) is 6.10. The molecule has 0 aliphatic rings. The van der Waals surface area contributed by atoms with Gasteiger partial charge in [-0.3, -0.25) is 4.68 Å². The quantitative estimate of drug-likeness (QED) is 0.912. The van der Waals surface area contributed by atoms with Crippen LogP contribution in [0.5, 0.6) is 0 Å². The average Bonchev–Trinajstić information content (AvgIpc) is 2.94. The second-order valence-corrected chi connectivity index (χ2v) is 4.24. The normalized spacial score (nSPS) is 12.9. The van der Waals surface area contributed by atoms with Crippen LogP contribution in [-0.4, -0.2) is 9.78 Å². The predicted octanol–water partition coefficient (Wildman–Crippen LogP) is 2.76. The number of nitrogens with zero attached hydrogens (tertiary/aromatic N) is 2. The Balaban J connectivity index is 2.35. The summed E-state index contributed by atoms with van der Waals surface area (Å²) >= 11 is 6.10. The highest BCUT2D eigenvalue weighted by Gasteiger charge is 2.20. The van der Waals surface area contributed by atoms with Crippen molar-refractivity contribution in [3.05, 3.63) is 40.6 Å². The van der Waals surface area contributed by atoms with E-state index in [2.05, 4.69) is 5.10 Å². The van der Waals surface area contributed by atoms with E-state index < -0.39 is 0 Å². The van der Waals surface area contributed by atoms with Gasteiger partial charge in [0, 0.05) is 13.0 Å². The Morgan fingerprint density at radius 2 is 2.24 bits per heavy atom. The molecule has 1 unspecified atom stereocenters. The second-order valence-electron chi connectivity index (χ2n) is 3.83. The highest BCUT2D eigenvalue weighted by molar-refractivity contribution is 6.31. The van der Waals surface area contributed by atoms with E-state index in [1.165, 1.54) is 0 Å². The Morgan fingerprint density at radius 1 is 1.47 bits per heavy atom. The lowest BCUT2D eigenvalue weighted by Crippen LogP contribution is -2.17. The molecule has 0 saturated heterocycles. The highest BCUT2D eigenvalue weighted by atomic mass is 35.5. The molecule has 0 bridgehead atoms. The van der Waals surface area contributed by atoms with Crippen molar-refractivity contribution < 1.29 is 4.42 Å². The molecule has 2 aromatic rings. The van der Waals surface area contributed by atoms with Gasteiger partial charge in [-0.1, -0.05) is 18.5 Å². The number of halogens is 1. The Bertz CT molecular complexity index is 504. The third-order valence-electron chi connectivity index (χ3n) is 2.76. The number of rotatable bonds is 4. The zero-order valence-corrected chi connectivity index (χ0v) is 10.7. The molecule has 0 amide bonds. The van der Waals surface area contributed by atoms with Gasteiger partial charge in [0.1, 0.15) is 17.6 Å². The molecule has 2 heterocycles. The lowest BCUT2D eigenvalue weighted by molar-refractivity contribution is 0.443. The zero-order chi connectivity index (χ0) is 12.4. The highest BCUT2D eigenvalue weighted by Crippen LogP contribution is 2.27. The third kappa shape index (κ3) is 2.23. The molecule has 2 aromatic heterocycles. The maximum atomic E-state index is 6.17. The van der Waals surface area contributed by atoms with Crippen LogP contribution in [-0.2, 0) is 13.0 Å². The first kappa shape index (κ1) is 12.2. The maximum Gasteiger partial charge on any atom is 0.127 e. The number of hydrogen-bond acceptors (Lipinski definition) is 3. The molecule has 17 heavy (non-hydrogen) atoms. The summed E-state index contributed by atoms with van der Waals surface area (Å²) in [6.45, 7) is 4.77. The largest absolute Gasteiger partial charge is 0.464 e. The van der Waals surface area contributed by atoms with E-state index in [4.69, 9.17) is 21.8 Å². The summed E-state index contributed by atoms with van der Waals surface area (Å²) in [4.78, 5) is 0. The van der Waals surface area contributed by atoms with Crippen LogP contribution in [0.1, 0.15) is 37.1 Å². The van der Waals surface area contributed by atoms with E-state index in [1.54, 1.807) is 10.9 Å². The van der Waals surface area contributed by atoms with Gasteiger partial charge in [-0.25, -0.2) is 0 Å². The summed E-state index contributed by atoms with van der Waals surface area (Å²) in [5.74, 6) is 1.65. The lowest BCUT2D eigenvalue weighted by atomic mass is 10.1. The molecule has 0 radical (unpaired) electrons. The molecule has 0 saturated carbocycles. The van der Waals surface area contributed by atoms with Crippen LogP contribution in [0.4, 0.5) is 0 Å². The Morgan fingerprint density at radius 3 is 2.82 bits per heavy atom. The van der Waals surface area contributed by atoms with Crippen molar-refractivity contribution in [3.8, 4) is 0 Å². The minimum absolute atomic E-state index is 0.370. The van der Waals surface area contributed by atoms with Crippen molar-refractivity contribution in [2.45, 2.75) is 32.9 Å². The van der Waals surface area contributed by atoms with Gasteiger partial charge in [-0.2, -0.15) is 5.10 Å². The third-order valence-corrected chi connectivity index (χ3v) is 3.06. The molecule has 5 heteroatoms. The first-order chi connectivity index (χ1) is 8.17. The average molecular weight is 254 g/mol. The lowest BCUT2D eigenvalue weighted by Gasteiger charge is -2.11. The Kier molecular flexibility index (Phi) is 3.54. The summed E-state index contributed by atoms with van der Waals surface area (Å²) in [6, 6.07) is 3.47. The molecular formula is C12H16ClN3O. The Hall–Kier alpha value is -1.26. The maximum absolute atomic E-state index is 6.17. The number of nitrogens with two attached hydrogens (primary N) is 1. The van der Waals surface area contributed by atoms with Gasteiger partial charge in [-0.05, 0) is 19.1 Å². The zero-order valence-electron chi connectivity index (χ0n) is 9.98. The molecule has 0 fully saturated rings. The van der Waals surface area contributed by atoms with Crippen molar-refractivity contribution in [3.63, 3.8) is 0 Å². The minimum atomic E-state index is -0.370. The monoisotopic (exact) mass is 253 g/mol. The topological polar surface area (TPSA) is 57.0 Å². The van der Waals surface area contributed by atoms with E-state index in [1.807, 2.05) is 26.0 Å². The summed E-state index contributed by atoms with van der Waals surface area (Å²) in [5, 5.41) is 4.75. The summed E-state index contributed by atoms with van der Waals surface area (Å²) in [6.07, 6.45) is 2.47. The van der Waals surface area contributed by atoms with E-state index in [9.17, 15) is 0 Å². The van der Waals surface area contributed by atoms with E-state index >= 15 is 0 Å². The second kappa shape index (κ2) is 4.94. The number of hydrogen-bond donors (Lipinski definition) is 1. The molecule has 1 atom stereocenters. The summed E-state index contributed by atoms with van der Waals surface area (Å²) < 4.78 is 7.44. The molecule has 2 rings (SSSR count). The van der Waals surface area contributed by atoms with Crippen molar-refractivity contribution >= 4 is 11.6 Å². The molecule has 92 valence electrons. The van der Waals surface area contributed by atoms with E-state index in [0.29, 0.717) is 5.02 Å². The van der Waals surface area contributed by atoms with Crippen LogP contribution in [0.15, 0.2) is 22.7 Å². The van der Waals surface area contributed by atoms with Crippen molar-refractivity contribution in [1.29, 1.82) is 0 Å². The molecule has 4 nitrogen and oxygen atoms in total. The van der Waals surface area contributed by atoms with E-state index in [-0.39, 0.29) is 6.04 Å². The molecule has 0 aromatic carbocycles. The van der Waals surface area contributed by atoms with Crippen LogP contribution in [0, 0.1) is 0 Å². The molecule has 0 spiro atoms. The van der Waals surface area contributed by atoms with Gasteiger partial charge in [0.05, 0.1) is 16.9 Å². The van der Waals surface area contributed by atoms with E-state index in [0.717, 1.165) is 30.2 Å². The fraction of sp³-hybridized carbons (Fsp3) is 0.417. The summed E-state index contributed by atoms with van der Waals surface area (Å²) in [7, 11) is 0. The first-order valence-electron chi connectivity index (χ1n) is 5.72. The van der Waals surface area contributed by atoms with Crippen LogP contribution in [0.3, 0.4) is 0 Å². The fourth-order valence-corrected chi connectivity index (χ4v) is 2.08. The fourth-order valence-electron chi connectivity index (χ4n) is 1.82. The molecular weight excluding hydrogens is 238 g/mol. The van der Waals surface area contributed by atoms with Crippen molar-refractivity contribution in [2.24, 2.45) is 5.73 Å². The standard InChI is InChI=1S/C12H16ClN3O/c1-3-8-5-6-10(17-8)11(14)12-9(13)7-15-16(12)4-2/h5-7,11H,3-4,14H2,1-2H3. The van der Waals surface area contributed by atoms with Crippen LogP contribution < -0.4 is 5.73 Å². The minimum Gasteiger partial charge on any atom is -0.464 e. The predicted molar refractivity (Wildman–Crippen MR) is 67.0 cm³/mol. The summed E-state index contributed by atoms with van der Waals surface area (Å²) in [5.41, 5.74) is 6.96. The van der Waals surface area contributed by atoms with Crippen molar-refractivity contribution in [2.75, 3.05) is 0 Å². The van der Waals surface area contributed by atoms with Gasteiger partial charge in [0.25, 0.3) is 0 Å². The van der Waals surface area contributed by atoms with Gasteiger partial charge >= 0.3 is 0 Å². The van der Waals surface area contributed by atoms with Gasteiger partial charge < -0.3 is 10.2 Å². The number of furan rings is 1. The smallest absolute Gasteiger partial charge is 0.127 e. The Labute approximate surface area is 105 Å². The number of aromatic nitrogens is 2. The molecule has 0 aliphatic carbocycles. The van der Waals surface area contributed by atoms with Crippen LogP contribution >= 0.6 is 11.6 Å². The van der Waals surface area contributed by atoms with Crippen molar-refractivity contribution in [1.82, 2.24) is 9.78 Å². The number of aryl methyl sites for hydroxylation is 2. The van der Waals surface area contributed by atoms with Crippen LogP contribution in [0.25, 0.3) is 0 Å². The SMILES string of the molecule is CCc1ccc(C(N)c2c(Cl)cnn2CC)o1.